The van der Waals surface area contributed by atoms with Gasteiger partial charge in [-0.3, -0.25) is 9.59 Å². The summed E-state index contributed by atoms with van der Waals surface area (Å²) in [4.78, 5) is 21.0. The number of rotatable bonds is 2. The average Bonchev–Trinajstić information content (AvgIpc) is 1.96. The van der Waals surface area contributed by atoms with E-state index in [1.165, 1.54) is 6.08 Å². The molecule has 1 aliphatic heterocycles. The van der Waals surface area contributed by atoms with Gasteiger partial charge in [0, 0.05) is 0 Å². The predicted octanol–water partition coefficient (Wildman–Crippen LogP) is 0.974. The van der Waals surface area contributed by atoms with Crippen molar-refractivity contribution in [3.05, 3.63) is 11.8 Å². The van der Waals surface area contributed by atoms with Crippen LogP contribution in [0.4, 0.5) is 0 Å². The minimum absolute atomic E-state index is 0.179. The standard InChI is InChI=1S/C7H8N2O3/c1-4-2-5(3-6(10)11)8-9-7(4)12/h2,4H,3H2,1H3,(H,10,11)/t4-/m1/s1. The third-order valence-electron chi connectivity index (χ3n) is 1.44. The Balaban J connectivity index is 2.69. The summed E-state index contributed by atoms with van der Waals surface area (Å²) in [6.45, 7) is 1.66. The van der Waals surface area contributed by atoms with E-state index in [2.05, 4.69) is 10.2 Å². The van der Waals surface area contributed by atoms with Crippen LogP contribution in [0.3, 0.4) is 0 Å². The Morgan fingerprint density at radius 2 is 2.33 bits per heavy atom. The smallest absolute Gasteiger partial charge is 0.309 e. The zero-order chi connectivity index (χ0) is 9.14. The summed E-state index contributed by atoms with van der Waals surface area (Å²) < 4.78 is 0. The summed E-state index contributed by atoms with van der Waals surface area (Å²) in [5, 5.41) is 15.1. The first kappa shape index (κ1) is 8.58. The van der Waals surface area contributed by atoms with Crippen molar-refractivity contribution in [3.63, 3.8) is 0 Å². The SMILES string of the molecule is C[C@@H]1C=C(CC(=O)O)N=NC1=O. The molecule has 0 saturated heterocycles. The molecule has 0 aromatic carbocycles. The monoisotopic (exact) mass is 168 g/mol. The van der Waals surface area contributed by atoms with Crippen LogP contribution in [0.5, 0.6) is 0 Å². The van der Waals surface area contributed by atoms with E-state index in [1.807, 2.05) is 0 Å². The molecule has 5 nitrogen and oxygen atoms in total. The number of carboxylic acid groups (broad SMARTS) is 1. The Bertz CT molecular complexity index is 280. The third-order valence-corrected chi connectivity index (χ3v) is 1.44. The molecule has 0 aromatic rings. The number of aliphatic carboxylic acids is 1. The van der Waals surface area contributed by atoms with Gasteiger partial charge in [0.15, 0.2) is 0 Å². The quantitative estimate of drug-likeness (QED) is 0.667. The van der Waals surface area contributed by atoms with Gasteiger partial charge in [-0.15, -0.1) is 5.11 Å². The summed E-state index contributed by atoms with van der Waals surface area (Å²) in [6.07, 6.45) is 1.34. The minimum Gasteiger partial charge on any atom is -0.481 e. The van der Waals surface area contributed by atoms with Crippen molar-refractivity contribution >= 4 is 11.9 Å². The van der Waals surface area contributed by atoms with E-state index in [0.717, 1.165) is 0 Å². The lowest BCUT2D eigenvalue weighted by Crippen LogP contribution is -2.10. The van der Waals surface area contributed by atoms with Crippen molar-refractivity contribution < 1.29 is 14.7 Å². The molecule has 1 aliphatic rings. The predicted molar refractivity (Wildman–Crippen MR) is 39.4 cm³/mol. The average molecular weight is 168 g/mol. The van der Waals surface area contributed by atoms with Gasteiger partial charge in [0.05, 0.1) is 18.0 Å². The van der Waals surface area contributed by atoms with Gasteiger partial charge < -0.3 is 5.11 Å². The molecule has 1 N–H and O–H groups in total. The number of carboxylic acids is 1. The number of azo groups is 1. The van der Waals surface area contributed by atoms with E-state index in [9.17, 15) is 9.59 Å². The fourth-order valence-corrected chi connectivity index (χ4v) is 0.847. The van der Waals surface area contributed by atoms with E-state index >= 15 is 0 Å². The van der Waals surface area contributed by atoms with Crippen LogP contribution >= 0.6 is 0 Å². The molecule has 0 radical (unpaired) electrons. The largest absolute Gasteiger partial charge is 0.481 e. The van der Waals surface area contributed by atoms with Gasteiger partial charge in [0.1, 0.15) is 0 Å². The zero-order valence-electron chi connectivity index (χ0n) is 6.52. The van der Waals surface area contributed by atoms with E-state index in [0.29, 0.717) is 5.70 Å². The summed E-state index contributed by atoms with van der Waals surface area (Å²) >= 11 is 0. The maximum atomic E-state index is 10.8. The van der Waals surface area contributed by atoms with E-state index < -0.39 is 5.97 Å². The molecule has 0 bridgehead atoms. The third kappa shape index (κ3) is 1.98. The maximum Gasteiger partial charge on any atom is 0.309 e. The van der Waals surface area contributed by atoms with Crippen LogP contribution in [0, 0.1) is 5.92 Å². The molecule has 0 aromatic heterocycles. The summed E-state index contributed by atoms with van der Waals surface area (Å²) in [5.41, 5.74) is 0.342. The number of hydrogen-bond acceptors (Lipinski definition) is 3. The van der Waals surface area contributed by atoms with Crippen LogP contribution in [0.1, 0.15) is 13.3 Å². The molecule has 1 amide bonds. The van der Waals surface area contributed by atoms with Gasteiger partial charge in [-0.1, -0.05) is 0 Å². The normalized spacial score (nSPS) is 22.2. The highest BCUT2D eigenvalue weighted by molar-refractivity contribution is 5.82. The Kier molecular flexibility index (Phi) is 2.32. The van der Waals surface area contributed by atoms with E-state index in [-0.39, 0.29) is 18.2 Å². The minimum atomic E-state index is -0.971. The van der Waals surface area contributed by atoms with Crippen molar-refractivity contribution in [2.45, 2.75) is 13.3 Å². The van der Waals surface area contributed by atoms with Crippen LogP contribution in [0.2, 0.25) is 0 Å². The lowest BCUT2D eigenvalue weighted by atomic mass is 10.1. The summed E-state index contributed by atoms with van der Waals surface area (Å²) in [5.74, 6) is -1.65. The lowest BCUT2D eigenvalue weighted by molar-refractivity contribution is -0.136. The number of nitrogens with zero attached hydrogens (tertiary/aromatic N) is 2. The molecule has 0 saturated carbocycles. The fourth-order valence-electron chi connectivity index (χ4n) is 0.847. The maximum absolute atomic E-state index is 10.8. The highest BCUT2D eigenvalue weighted by Crippen LogP contribution is 2.15. The van der Waals surface area contributed by atoms with Gasteiger partial charge in [-0.05, 0) is 13.0 Å². The first-order valence-corrected chi connectivity index (χ1v) is 3.47. The molecule has 0 unspecified atom stereocenters. The highest BCUT2D eigenvalue weighted by Gasteiger charge is 2.16. The lowest BCUT2D eigenvalue weighted by Gasteiger charge is -2.06. The van der Waals surface area contributed by atoms with Gasteiger partial charge in [0.25, 0.3) is 5.91 Å². The van der Waals surface area contributed by atoms with Crippen molar-refractivity contribution in [1.82, 2.24) is 0 Å². The molecule has 64 valence electrons. The van der Waals surface area contributed by atoms with Crippen LogP contribution in [-0.2, 0) is 9.59 Å². The first-order chi connectivity index (χ1) is 5.59. The summed E-state index contributed by atoms with van der Waals surface area (Å²) in [6, 6.07) is 0. The molecular weight excluding hydrogens is 160 g/mol. The molecule has 5 heteroatoms. The Morgan fingerprint density at radius 3 is 2.83 bits per heavy atom. The summed E-state index contributed by atoms with van der Waals surface area (Å²) in [7, 11) is 0. The molecule has 1 atom stereocenters. The second-order valence-corrected chi connectivity index (χ2v) is 2.56. The van der Waals surface area contributed by atoms with Crippen LogP contribution < -0.4 is 0 Å². The second-order valence-electron chi connectivity index (χ2n) is 2.56. The van der Waals surface area contributed by atoms with E-state index in [4.69, 9.17) is 5.11 Å². The number of amides is 1. The number of hydrogen-bond donors (Lipinski definition) is 1. The molecule has 0 fully saturated rings. The number of carbonyl (C=O) groups is 2. The van der Waals surface area contributed by atoms with Crippen LogP contribution in [-0.4, -0.2) is 17.0 Å². The number of carbonyl (C=O) groups excluding carboxylic acids is 1. The fraction of sp³-hybridized carbons (Fsp3) is 0.429. The van der Waals surface area contributed by atoms with Crippen molar-refractivity contribution in [2.24, 2.45) is 16.1 Å². The molecule has 0 spiro atoms. The Labute approximate surface area is 68.8 Å². The van der Waals surface area contributed by atoms with Crippen molar-refractivity contribution in [1.29, 1.82) is 0 Å². The van der Waals surface area contributed by atoms with Gasteiger partial charge in [-0.25, -0.2) is 0 Å². The van der Waals surface area contributed by atoms with Crippen molar-refractivity contribution in [2.75, 3.05) is 0 Å². The molecular formula is C7H8N2O3. The van der Waals surface area contributed by atoms with Gasteiger partial charge in [-0.2, -0.15) is 5.11 Å². The second kappa shape index (κ2) is 3.25. The van der Waals surface area contributed by atoms with E-state index in [1.54, 1.807) is 6.92 Å². The molecule has 12 heavy (non-hydrogen) atoms. The molecule has 1 heterocycles. The van der Waals surface area contributed by atoms with Crippen molar-refractivity contribution in [3.8, 4) is 0 Å². The molecule has 0 aliphatic carbocycles. The first-order valence-electron chi connectivity index (χ1n) is 3.47. The Hall–Kier alpha value is -1.52. The topological polar surface area (TPSA) is 79.1 Å². The highest BCUT2D eigenvalue weighted by atomic mass is 16.4. The van der Waals surface area contributed by atoms with Crippen LogP contribution in [0.15, 0.2) is 22.0 Å². The molecule has 1 rings (SSSR count). The Morgan fingerprint density at radius 1 is 1.67 bits per heavy atom. The van der Waals surface area contributed by atoms with Gasteiger partial charge >= 0.3 is 5.97 Å². The van der Waals surface area contributed by atoms with Gasteiger partial charge in [0.2, 0.25) is 0 Å². The van der Waals surface area contributed by atoms with Crippen LogP contribution in [0.25, 0.3) is 0 Å². The zero-order valence-corrected chi connectivity index (χ0v) is 6.52.